The summed E-state index contributed by atoms with van der Waals surface area (Å²) in [6.45, 7) is 12.0. The lowest BCUT2D eigenvalue weighted by Crippen LogP contribution is -2.26. The van der Waals surface area contributed by atoms with Gasteiger partial charge in [0.05, 0.1) is 24.2 Å². The van der Waals surface area contributed by atoms with Crippen LogP contribution in [0.4, 0.5) is 11.4 Å². The molecule has 0 aliphatic heterocycles. The van der Waals surface area contributed by atoms with Crippen molar-refractivity contribution in [3.05, 3.63) is 70.6 Å². The number of anilines is 2. The second-order valence-corrected chi connectivity index (χ2v) is 8.03. The fraction of sp³-hybridized carbons (Fsp3) is 0.308. The average Bonchev–Trinajstić information content (AvgIpc) is 3.08. The number of likely N-dealkylation sites (N-methyl/N-ethyl adjacent to an activating group) is 1. The maximum atomic E-state index is 13.0. The highest BCUT2D eigenvalue weighted by atomic mass is 16.5. The molecule has 1 N–H and O–H groups in total. The van der Waals surface area contributed by atoms with Gasteiger partial charge in [0.25, 0.3) is 5.91 Å². The predicted molar refractivity (Wildman–Crippen MR) is 137 cm³/mol. The van der Waals surface area contributed by atoms with E-state index in [0.29, 0.717) is 31.3 Å². The second-order valence-electron chi connectivity index (χ2n) is 8.03. The van der Waals surface area contributed by atoms with Crippen molar-refractivity contribution in [3.8, 4) is 0 Å². The molecule has 3 aromatic rings. The van der Waals surface area contributed by atoms with E-state index in [0.717, 1.165) is 27.4 Å². The number of hydrogen-bond acceptors (Lipinski definition) is 6. The number of ether oxygens (including phenoxy) is 1. The summed E-state index contributed by atoms with van der Waals surface area (Å²) in [6, 6.07) is 3.46. The van der Waals surface area contributed by atoms with Crippen molar-refractivity contribution in [3.63, 3.8) is 0 Å². The number of amides is 1. The summed E-state index contributed by atoms with van der Waals surface area (Å²) in [5.41, 5.74) is 3.70. The summed E-state index contributed by atoms with van der Waals surface area (Å²) in [5, 5.41) is 4.93. The smallest absolute Gasteiger partial charge is 0.274 e. The van der Waals surface area contributed by atoms with Crippen LogP contribution in [-0.2, 0) is 11.8 Å². The first-order valence-electron chi connectivity index (χ1n) is 11.2. The van der Waals surface area contributed by atoms with Gasteiger partial charge < -0.3 is 19.5 Å². The highest BCUT2D eigenvalue weighted by Gasteiger charge is 2.14. The van der Waals surface area contributed by atoms with Crippen molar-refractivity contribution < 1.29 is 9.53 Å². The molecule has 34 heavy (non-hydrogen) atoms. The van der Waals surface area contributed by atoms with Crippen LogP contribution < -0.4 is 20.8 Å². The van der Waals surface area contributed by atoms with Crippen molar-refractivity contribution in [2.24, 2.45) is 7.05 Å². The zero-order valence-electron chi connectivity index (χ0n) is 20.5. The SMILES string of the molecule is C=c1c(C)cn(C)/c1=C/C=C(\C)c1nccc(C(=O)Nc2cnccc2N(C)CCOCC)n1. The molecule has 8 heteroatoms. The van der Waals surface area contributed by atoms with E-state index in [4.69, 9.17) is 4.74 Å². The molecule has 178 valence electrons. The lowest BCUT2D eigenvalue weighted by molar-refractivity contribution is 0.102. The van der Waals surface area contributed by atoms with Crippen LogP contribution in [0, 0.1) is 6.92 Å². The van der Waals surface area contributed by atoms with Crippen LogP contribution in [0.5, 0.6) is 0 Å². The van der Waals surface area contributed by atoms with Gasteiger partial charge in [0, 0.05) is 51.2 Å². The third-order valence-electron chi connectivity index (χ3n) is 5.52. The van der Waals surface area contributed by atoms with Crippen molar-refractivity contribution in [2.75, 3.05) is 37.0 Å². The normalized spacial score (nSPS) is 12.1. The molecule has 3 aromatic heterocycles. The number of aromatic nitrogens is 4. The van der Waals surface area contributed by atoms with Crippen molar-refractivity contribution in [2.45, 2.75) is 20.8 Å². The number of rotatable bonds is 9. The molecule has 0 saturated heterocycles. The fourth-order valence-corrected chi connectivity index (χ4v) is 3.49. The van der Waals surface area contributed by atoms with Gasteiger partial charge in [-0.15, -0.1) is 0 Å². The minimum absolute atomic E-state index is 0.275. The maximum Gasteiger partial charge on any atom is 0.274 e. The summed E-state index contributed by atoms with van der Waals surface area (Å²) >= 11 is 0. The number of pyridine rings is 1. The van der Waals surface area contributed by atoms with Gasteiger partial charge >= 0.3 is 0 Å². The Morgan fingerprint density at radius 2 is 2.12 bits per heavy atom. The van der Waals surface area contributed by atoms with Crippen molar-refractivity contribution >= 4 is 35.5 Å². The summed E-state index contributed by atoms with van der Waals surface area (Å²) in [6.07, 6.45) is 10.9. The van der Waals surface area contributed by atoms with E-state index in [1.54, 1.807) is 24.7 Å². The molecular weight excluding hydrogens is 428 g/mol. The predicted octanol–water partition coefficient (Wildman–Crippen LogP) is 2.54. The first-order valence-corrected chi connectivity index (χ1v) is 11.2. The molecule has 0 spiro atoms. The number of hydrogen-bond donors (Lipinski definition) is 1. The van der Waals surface area contributed by atoms with Gasteiger partial charge in [0.1, 0.15) is 5.69 Å². The molecule has 1 amide bonds. The first kappa shape index (κ1) is 24.9. The van der Waals surface area contributed by atoms with E-state index in [2.05, 4.69) is 26.8 Å². The summed E-state index contributed by atoms with van der Waals surface area (Å²) < 4.78 is 7.47. The van der Waals surface area contributed by atoms with Crippen LogP contribution in [-0.4, -0.2) is 52.2 Å². The van der Waals surface area contributed by atoms with Crippen LogP contribution >= 0.6 is 0 Å². The largest absolute Gasteiger partial charge is 0.380 e. The average molecular weight is 461 g/mol. The third-order valence-corrected chi connectivity index (χ3v) is 5.52. The summed E-state index contributed by atoms with van der Waals surface area (Å²) in [5.74, 6) is 0.159. The molecule has 3 heterocycles. The molecular formula is C26H32N6O2. The number of carbonyl (C=O) groups excluding carboxylic acids is 1. The van der Waals surface area contributed by atoms with E-state index < -0.39 is 0 Å². The molecule has 0 aliphatic rings. The van der Waals surface area contributed by atoms with Gasteiger partial charge in [0.15, 0.2) is 5.82 Å². The lowest BCUT2D eigenvalue weighted by atomic mass is 10.2. The van der Waals surface area contributed by atoms with E-state index in [1.165, 1.54) is 0 Å². The molecule has 0 aliphatic carbocycles. The number of carbonyl (C=O) groups is 1. The van der Waals surface area contributed by atoms with Crippen LogP contribution in [0.2, 0.25) is 0 Å². The highest BCUT2D eigenvalue weighted by Crippen LogP contribution is 2.24. The molecule has 8 nitrogen and oxygen atoms in total. The van der Waals surface area contributed by atoms with Crippen LogP contribution in [0.15, 0.2) is 43.0 Å². The van der Waals surface area contributed by atoms with E-state index in [-0.39, 0.29) is 11.6 Å². The Bertz CT molecular complexity index is 1290. The summed E-state index contributed by atoms with van der Waals surface area (Å²) in [4.78, 5) is 28.0. The van der Waals surface area contributed by atoms with Gasteiger partial charge in [-0.05, 0) is 55.3 Å². The lowest BCUT2D eigenvalue weighted by Gasteiger charge is -2.22. The number of aryl methyl sites for hydroxylation is 2. The molecule has 0 fully saturated rings. The van der Waals surface area contributed by atoms with Crippen LogP contribution in [0.3, 0.4) is 0 Å². The highest BCUT2D eigenvalue weighted by molar-refractivity contribution is 6.04. The standard InChI is InChI=1S/C26H32N6O2/c1-7-34-15-14-31(5)24-11-12-27-16-22(24)30-26(33)21-10-13-28-25(29-21)18(2)8-9-23-20(4)19(3)17-32(23)6/h8-13,16-17H,4,7,14-15H2,1-3,5-6H3,(H,30,33)/b18-8+,23-9+. The Morgan fingerprint density at radius 3 is 2.82 bits per heavy atom. The quantitative estimate of drug-likeness (QED) is 0.494. The van der Waals surface area contributed by atoms with E-state index in [9.17, 15) is 4.79 Å². The topological polar surface area (TPSA) is 85.2 Å². The second kappa shape index (κ2) is 11.4. The monoisotopic (exact) mass is 460 g/mol. The summed E-state index contributed by atoms with van der Waals surface area (Å²) in [7, 11) is 3.93. The molecule has 0 saturated carbocycles. The number of nitrogens with one attached hydrogen (secondary N) is 1. The number of allylic oxidation sites excluding steroid dienone is 2. The Hall–Kier alpha value is -3.78. The molecule has 0 unspecified atom stereocenters. The van der Waals surface area contributed by atoms with Crippen molar-refractivity contribution in [1.82, 2.24) is 19.5 Å². The Kier molecular flexibility index (Phi) is 8.32. The zero-order chi connectivity index (χ0) is 24.7. The van der Waals surface area contributed by atoms with Crippen LogP contribution in [0.25, 0.3) is 18.2 Å². The first-order chi connectivity index (χ1) is 16.3. The zero-order valence-corrected chi connectivity index (χ0v) is 20.5. The van der Waals surface area contributed by atoms with E-state index >= 15 is 0 Å². The van der Waals surface area contributed by atoms with Gasteiger partial charge in [-0.3, -0.25) is 9.78 Å². The molecule has 0 bridgehead atoms. The van der Waals surface area contributed by atoms with E-state index in [1.807, 2.05) is 68.7 Å². The Morgan fingerprint density at radius 1 is 1.32 bits per heavy atom. The number of nitrogens with zero attached hydrogens (tertiary/aromatic N) is 5. The minimum Gasteiger partial charge on any atom is -0.380 e. The molecule has 0 aromatic carbocycles. The Balaban J connectivity index is 1.80. The van der Waals surface area contributed by atoms with Gasteiger partial charge in [0.2, 0.25) is 0 Å². The Labute approximate surface area is 200 Å². The minimum atomic E-state index is -0.328. The van der Waals surface area contributed by atoms with Gasteiger partial charge in [-0.2, -0.15) is 0 Å². The molecule has 0 atom stereocenters. The third kappa shape index (κ3) is 5.96. The van der Waals surface area contributed by atoms with Gasteiger partial charge in [-0.25, -0.2) is 9.97 Å². The maximum absolute atomic E-state index is 13.0. The van der Waals surface area contributed by atoms with Crippen molar-refractivity contribution in [1.29, 1.82) is 0 Å². The fourth-order valence-electron chi connectivity index (χ4n) is 3.49. The van der Waals surface area contributed by atoms with Gasteiger partial charge in [-0.1, -0.05) is 12.7 Å². The van der Waals surface area contributed by atoms with Crippen LogP contribution in [0.1, 0.15) is 35.7 Å². The molecule has 3 rings (SSSR count). The molecule has 0 radical (unpaired) electrons.